The standard InChI is InChI=1S/C13H14N4O2/c1-8(12(14)17-19)13(18)16-11-6-2-5-10-9(11)4-3-7-15-10/h2-8,19H,1H3,(H2,14,17)(H,16,18). The SMILES string of the molecule is CC(C(=O)Nc1cccc2ncccc12)C(N)=NO. The summed E-state index contributed by atoms with van der Waals surface area (Å²) in [6.45, 7) is 1.56. The molecule has 1 aromatic carbocycles. The van der Waals surface area contributed by atoms with E-state index < -0.39 is 5.92 Å². The van der Waals surface area contributed by atoms with Crippen LogP contribution in [-0.4, -0.2) is 21.9 Å². The molecule has 0 saturated heterocycles. The molecule has 19 heavy (non-hydrogen) atoms. The van der Waals surface area contributed by atoms with Crippen LogP contribution in [0.3, 0.4) is 0 Å². The monoisotopic (exact) mass is 258 g/mol. The van der Waals surface area contributed by atoms with Crippen molar-refractivity contribution in [3.05, 3.63) is 36.5 Å². The maximum atomic E-state index is 12.0. The minimum absolute atomic E-state index is 0.129. The van der Waals surface area contributed by atoms with Gasteiger partial charge in [0.15, 0.2) is 5.84 Å². The molecule has 0 bridgehead atoms. The van der Waals surface area contributed by atoms with Crippen LogP contribution in [0.1, 0.15) is 6.92 Å². The summed E-state index contributed by atoms with van der Waals surface area (Å²) in [6, 6.07) is 9.11. The van der Waals surface area contributed by atoms with E-state index in [1.807, 2.05) is 12.1 Å². The highest BCUT2D eigenvalue weighted by Gasteiger charge is 2.18. The Morgan fingerprint density at radius 1 is 1.42 bits per heavy atom. The fourth-order valence-electron chi connectivity index (χ4n) is 1.67. The number of carbonyl (C=O) groups is 1. The zero-order valence-electron chi connectivity index (χ0n) is 10.4. The molecule has 6 heteroatoms. The lowest BCUT2D eigenvalue weighted by Crippen LogP contribution is -2.32. The van der Waals surface area contributed by atoms with Crippen molar-refractivity contribution in [1.29, 1.82) is 0 Å². The van der Waals surface area contributed by atoms with Gasteiger partial charge in [-0.05, 0) is 31.2 Å². The van der Waals surface area contributed by atoms with Crippen LogP contribution >= 0.6 is 0 Å². The van der Waals surface area contributed by atoms with Gasteiger partial charge in [0, 0.05) is 11.6 Å². The Labute approximate surface area is 109 Å². The van der Waals surface area contributed by atoms with E-state index in [2.05, 4.69) is 15.5 Å². The highest BCUT2D eigenvalue weighted by atomic mass is 16.4. The minimum Gasteiger partial charge on any atom is -0.409 e. The van der Waals surface area contributed by atoms with E-state index in [9.17, 15) is 4.79 Å². The Morgan fingerprint density at radius 2 is 2.21 bits per heavy atom. The highest BCUT2D eigenvalue weighted by Crippen LogP contribution is 2.21. The highest BCUT2D eigenvalue weighted by molar-refractivity contribution is 6.10. The van der Waals surface area contributed by atoms with Gasteiger partial charge in [0.2, 0.25) is 5.91 Å². The number of amides is 1. The molecule has 1 amide bonds. The number of carbonyl (C=O) groups excluding carboxylic acids is 1. The van der Waals surface area contributed by atoms with E-state index in [0.717, 1.165) is 10.9 Å². The molecule has 1 atom stereocenters. The van der Waals surface area contributed by atoms with Crippen molar-refractivity contribution in [3.63, 3.8) is 0 Å². The molecule has 4 N–H and O–H groups in total. The summed E-state index contributed by atoms with van der Waals surface area (Å²) in [5.41, 5.74) is 6.85. The number of nitrogens with two attached hydrogens (primary N) is 1. The van der Waals surface area contributed by atoms with Crippen molar-refractivity contribution in [3.8, 4) is 0 Å². The Kier molecular flexibility index (Phi) is 3.61. The second-order valence-electron chi connectivity index (χ2n) is 4.11. The van der Waals surface area contributed by atoms with Gasteiger partial charge in [0.1, 0.15) is 0 Å². The summed E-state index contributed by atoms with van der Waals surface area (Å²) in [5.74, 6) is -1.18. The first-order chi connectivity index (χ1) is 9.13. The maximum absolute atomic E-state index is 12.0. The number of nitrogens with zero attached hydrogens (tertiary/aromatic N) is 2. The number of anilines is 1. The first kappa shape index (κ1) is 12.8. The molecule has 0 radical (unpaired) electrons. The number of rotatable bonds is 3. The van der Waals surface area contributed by atoms with Gasteiger partial charge in [0.05, 0.1) is 17.1 Å². The van der Waals surface area contributed by atoms with E-state index >= 15 is 0 Å². The van der Waals surface area contributed by atoms with Crippen molar-refractivity contribution in [2.45, 2.75) is 6.92 Å². The fourth-order valence-corrected chi connectivity index (χ4v) is 1.67. The molecule has 6 nitrogen and oxygen atoms in total. The third-order valence-electron chi connectivity index (χ3n) is 2.86. The number of hydrogen-bond donors (Lipinski definition) is 3. The summed E-state index contributed by atoms with van der Waals surface area (Å²) in [7, 11) is 0. The predicted octanol–water partition coefficient (Wildman–Crippen LogP) is 1.56. The molecule has 0 spiro atoms. The van der Waals surface area contributed by atoms with Crippen molar-refractivity contribution < 1.29 is 10.0 Å². The molecule has 1 unspecified atom stereocenters. The van der Waals surface area contributed by atoms with Crippen LogP contribution in [0.4, 0.5) is 5.69 Å². The largest absolute Gasteiger partial charge is 0.409 e. The number of benzene rings is 1. The van der Waals surface area contributed by atoms with Crippen LogP contribution in [0.15, 0.2) is 41.7 Å². The van der Waals surface area contributed by atoms with Gasteiger partial charge < -0.3 is 16.3 Å². The lowest BCUT2D eigenvalue weighted by Gasteiger charge is -2.12. The van der Waals surface area contributed by atoms with Crippen molar-refractivity contribution in [1.82, 2.24) is 4.98 Å². The topological polar surface area (TPSA) is 101 Å². The third kappa shape index (κ3) is 2.62. The molecule has 98 valence electrons. The van der Waals surface area contributed by atoms with Gasteiger partial charge in [0.25, 0.3) is 0 Å². The molecule has 2 aromatic rings. The molecular formula is C13H14N4O2. The van der Waals surface area contributed by atoms with Crippen molar-refractivity contribution in [2.75, 3.05) is 5.32 Å². The van der Waals surface area contributed by atoms with Gasteiger partial charge in [-0.1, -0.05) is 11.2 Å². The molecule has 2 rings (SSSR count). The summed E-state index contributed by atoms with van der Waals surface area (Å²) in [4.78, 5) is 16.2. The van der Waals surface area contributed by atoms with Crippen LogP contribution in [0.2, 0.25) is 0 Å². The van der Waals surface area contributed by atoms with E-state index in [1.165, 1.54) is 0 Å². The molecule has 1 heterocycles. The Hall–Kier alpha value is -2.63. The summed E-state index contributed by atoms with van der Waals surface area (Å²) in [6.07, 6.45) is 1.69. The summed E-state index contributed by atoms with van der Waals surface area (Å²) in [5, 5.41) is 15.0. The van der Waals surface area contributed by atoms with E-state index in [0.29, 0.717) is 5.69 Å². The van der Waals surface area contributed by atoms with Gasteiger partial charge in [-0.3, -0.25) is 9.78 Å². The number of pyridine rings is 1. The molecule has 0 aliphatic heterocycles. The Balaban J connectivity index is 2.29. The number of aromatic nitrogens is 1. The van der Waals surface area contributed by atoms with E-state index in [4.69, 9.17) is 10.9 Å². The van der Waals surface area contributed by atoms with E-state index in [-0.39, 0.29) is 11.7 Å². The molecular weight excluding hydrogens is 244 g/mol. The second kappa shape index (κ2) is 5.34. The van der Waals surface area contributed by atoms with Crippen LogP contribution in [-0.2, 0) is 4.79 Å². The Bertz CT molecular complexity index is 634. The molecule has 0 aliphatic rings. The van der Waals surface area contributed by atoms with Gasteiger partial charge in [-0.25, -0.2) is 0 Å². The van der Waals surface area contributed by atoms with Crippen LogP contribution in [0.5, 0.6) is 0 Å². The zero-order chi connectivity index (χ0) is 13.8. The molecule has 1 aromatic heterocycles. The minimum atomic E-state index is -0.711. The first-order valence-electron chi connectivity index (χ1n) is 5.75. The quantitative estimate of drug-likeness (QED) is 0.336. The van der Waals surface area contributed by atoms with Crippen LogP contribution in [0, 0.1) is 5.92 Å². The number of oxime groups is 1. The van der Waals surface area contributed by atoms with E-state index in [1.54, 1.807) is 31.3 Å². The lowest BCUT2D eigenvalue weighted by molar-refractivity contribution is -0.117. The third-order valence-corrected chi connectivity index (χ3v) is 2.86. The summed E-state index contributed by atoms with van der Waals surface area (Å²) < 4.78 is 0. The van der Waals surface area contributed by atoms with Gasteiger partial charge in [-0.2, -0.15) is 0 Å². The van der Waals surface area contributed by atoms with Gasteiger partial charge >= 0.3 is 0 Å². The maximum Gasteiger partial charge on any atom is 0.234 e. The number of fused-ring (bicyclic) bond motifs is 1. The number of hydrogen-bond acceptors (Lipinski definition) is 4. The second-order valence-corrected chi connectivity index (χ2v) is 4.11. The smallest absolute Gasteiger partial charge is 0.234 e. The lowest BCUT2D eigenvalue weighted by atomic mass is 10.1. The van der Waals surface area contributed by atoms with Crippen molar-refractivity contribution >= 4 is 28.3 Å². The number of nitrogens with one attached hydrogen (secondary N) is 1. The number of amidine groups is 1. The van der Waals surface area contributed by atoms with Crippen molar-refractivity contribution in [2.24, 2.45) is 16.8 Å². The zero-order valence-corrected chi connectivity index (χ0v) is 10.4. The predicted molar refractivity (Wildman–Crippen MR) is 72.9 cm³/mol. The Morgan fingerprint density at radius 3 is 2.95 bits per heavy atom. The average molecular weight is 258 g/mol. The average Bonchev–Trinajstić information content (AvgIpc) is 2.46. The molecule has 0 fully saturated rings. The van der Waals surface area contributed by atoms with Crippen LogP contribution in [0.25, 0.3) is 10.9 Å². The first-order valence-corrected chi connectivity index (χ1v) is 5.75. The van der Waals surface area contributed by atoms with Gasteiger partial charge in [-0.15, -0.1) is 0 Å². The normalized spacial score (nSPS) is 13.2. The molecule has 0 aliphatic carbocycles. The molecule has 0 saturated carbocycles. The van der Waals surface area contributed by atoms with Crippen LogP contribution < -0.4 is 11.1 Å². The summed E-state index contributed by atoms with van der Waals surface area (Å²) >= 11 is 0. The fraction of sp³-hybridized carbons (Fsp3) is 0.154.